The molecule has 2 aliphatic heterocycles. The van der Waals surface area contributed by atoms with Crippen LogP contribution in [0.4, 0.5) is 0 Å². The van der Waals surface area contributed by atoms with Gasteiger partial charge in [0.25, 0.3) is 0 Å². The van der Waals surface area contributed by atoms with Gasteiger partial charge in [0.15, 0.2) is 6.29 Å². The van der Waals surface area contributed by atoms with Gasteiger partial charge in [-0.15, -0.1) is 0 Å². The molecule has 0 aromatic carbocycles. The zero-order valence-corrected chi connectivity index (χ0v) is 31.0. The first-order valence-electron chi connectivity index (χ1n) is 17.3. The van der Waals surface area contributed by atoms with Crippen molar-refractivity contribution in [1.82, 2.24) is 19.9 Å². The lowest BCUT2D eigenvalue weighted by Crippen LogP contribution is -2.44. The summed E-state index contributed by atoms with van der Waals surface area (Å²) in [5, 5.41) is 21.0. The molecule has 0 radical (unpaired) electrons. The number of esters is 2. The quantitative estimate of drug-likeness (QED) is 0.133. The molecule has 6 rings (SSSR count). The largest absolute Gasteiger partial charge is 0.481 e. The van der Waals surface area contributed by atoms with E-state index in [1.807, 2.05) is 58.0 Å². The third kappa shape index (κ3) is 6.42. The molecule has 3 aliphatic rings. The zero-order valence-electron chi connectivity index (χ0n) is 31.0. The molecule has 3 aromatic rings. The van der Waals surface area contributed by atoms with Crippen LogP contribution in [0.3, 0.4) is 0 Å². The predicted octanol–water partition coefficient (Wildman–Crippen LogP) is 6.51. The van der Waals surface area contributed by atoms with Gasteiger partial charge in [-0.25, -0.2) is 9.78 Å². The fraction of sp³-hybridized carbons (Fsp3) is 0.341. The van der Waals surface area contributed by atoms with E-state index in [4.69, 9.17) is 24.2 Å². The lowest BCUT2D eigenvalue weighted by molar-refractivity contribution is -0.144. The van der Waals surface area contributed by atoms with Crippen molar-refractivity contribution in [1.29, 1.82) is 0 Å². The number of rotatable bonds is 10. The Kier molecular flexibility index (Phi) is 10.1. The Bertz CT molecular complexity index is 2320. The van der Waals surface area contributed by atoms with Crippen molar-refractivity contribution >= 4 is 62.8 Å². The molecular weight excluding hydrogens is 676 g/mol. The van der Waals surface area contributed by atoms with Crippen LogP contribution in [0.15, 0.2) is 48.6 Å². The van der Waals surface area contributed by atoms with E-state index in [9.17, 15) is 24.6 Å². The van der Waals surface area contributed by atoms with Gasteiger partial charge in [-0.05, 0) is 98.2 Å². The van der Waals surface area contributed by atoms with Crippen LogP contribution in [-0.4, -0.2) is 75.7 Å². The number of aliphatic hydroxyl groups is 1. The minimum absolute atomic E-state index is 0.0766. The van der Waals surface area contributed by atoms with Gasteiger partial charge in [0.05, 0.1) is 42.9 Å². The average molecular weight is 721 g/mol. The van der Waals surface area contributed by atoms with E-state index in [2.05, 4.69) is 16.5 Å². The van der Waals surface area contributed by atoms with Crippen molar-refractivity contribution in [2.24, 2.45) is 5.92 Å². The number of ether oxygens (including phenoxy) is 3. The highest BCUT2D eigenvalue weighted by Crippen LogP contribution is 2.53. The third-order valence-electron chi connectivity index (χ3n) is 10.9. The highest BCUT2D eigenvalue weighted by Gasteiger charge is 2.52. The molecule has 0 saturated carbocycles. The maximum absolute atomic E-state index is 13.2. The number of aromatic amines is 2. The van der Waals surface area contributed by atoms with Gasteiger partial charge in [0.2, 0.25) is 0 Å². The number of carboxylic acids is 1. The molecule has 0 amide bonds. The van der Waals surface area contributed by atoms with E-state index >= 15 is 0 Å². The molecule has 53 heavy (non-hydrogen) atoms. The summed E-state index contributed by atoms with van der Waals surface area (Å²) in [6.07, 6.45) is 4.55. The van der Waals surface area contributed by atoms with Crippen molar-refractivity contribution in [3.05, 3.63) is 93.6 Å². The fourth-order valence-electron chi connectivity index (χ4n) is 7.82. The second-order valence-corrected chi connectivity index (χ2v) is 13.7. The van der Waals surface area contributed by atoms with Crippen LogP contribution in [0.5, 0.6) is 0 Å². The number of carbonyl (C=O) groups is 3. The van der Waals surface area contributed by atoms with Gasteiger partial charge in [0, 0.05) is 58.6 Å². The van der Waals surface area contributed by atoms with E-state index in [0.717, 1.165) is 50.0 Å². The molecule has 3 aromatic heterocycles. The predicted molar refractivity (Wildman–Crippen MR) is 202 cm³/mol. The summed E-state index contributed by atoms with van der Waals surface area (Å²) in [6.45, 7) is 11.9. The number of aromatic nitrogens is 4. The Morgan fingerprint density at radius 3 is 2.23 bits per heavy atom. The van der Waals surface area contributed by atoms with Gasteiger partial charge in [-0.2, -0.15) is 0 Å². The number of methoxy groups -OCH3 is 3. The molecular formula is C41H44N4O8. The molecule has 0 spiro atoms. The second-order valence-electron chi connectivity index (χ2n) is 13.7. The van der Waals surface area contributed by atoms with Gasteiger partial charge >= 0.3 is 17.9 Å². The Hall–Kier alpha value is -5.59. The molecule has 276 valence electrons. The van der Waals surface area contributed by atoms with Gasteiger partial charge in [-0.1, -0.05) is 24.8 Å². The number of aliphatic hydroxyl groups excluding tert-OH is 1. The Morgan fingerprint density at radius 1 is 0.887 bits per heavy atom. The zero-order chi connectivity index (χ0) is 38.4. The van der Waals surface area contributed by atoms with Crippen LogP contribution in [-0.2, 0) is 40.4 Å². The maximum atomic E-state index is 13.2. The Labute approximate surface area is 306 Å². The Balaban J connectivity index is 1.77. The van der Waals surface area contributed by atoms with Crippen LogP contribution in [0, 0.1) is 19.8 Å². The van der Waals surface area contributed by atoms with E-state index in [1.165, 1.54) is 21.3 Å². The topological polar surface area (TPSA) is 177 Å². The van der Waals surface area contributed by atoms with Crippen LogP contribution in [0.1, 0.15) is 78.1 Å². The maximum Gasteiger partial charge on any atom is 0.334 e. The Morgan fingerprint density at radius 2 is 1.57 bits per heavy atom. The number of H-pyrrole nitrogens is 2. The standard InChI is InChI=1S/C41H44N4O8/c1-9-23-20(2)29-17-34-27-13-10-26(39(49)52-7)38(40(50)53-8)41(27,5)35(45-34)19-30-22(4)25(12-15-37(48)51-6)33(44-30)18-32-24(11-14-36(46)47)21(3)28(43-32)16-31(23)42-29/h9-10,13,16-19,38,40,42,44,50H,1,11-12,14-15H2,2-8H3,(H,46,47)/t38-,40?,41+/m0/s1. The summed E-state index contributed by atoms with van der Waals surface area (Å²) in [4.78, 5) is 54.6. The number of aliphatic carboxylic acids is 1. The van der Waals surface area contributed by atoms with Crippen molar-refractivity contribution in [2.75, 3.05) is 21.3 Å². The smallest absolute Gasteiger partial charge is 0.334 e. The van der Waals surface area contributed by atoms with E-state index in [1.54, 1.807) is 12.2 Å². The number of hydrogen-bond acceptors (Lipinski definition) is 9. The number of allylic oxidation sites excluding steroid dienone is 5. The molecule has 12 nitrogen and oxygen atoms in total. The summed E-state index contributed by atoms with van der Waals surface area (Å²) in [7, 11) is 4.03. The highest BCUT2D eigenvalue weighted by atomic mass is 16.6. The molecule has 3 atom stereocenters. The average Bonchev–Trinajstić information content (AvgIpc) is 3.79. The van der Waals surface area contributed by atoms with Crippen LogP contribution in [0.25, 0.3) is 44.9 Å². The summed E-state index contributed by atoms with van der Waals surface area (Å²) < 4.78 is 15.6. The summed E-state index contributed by atoms with van der Waals surface area (Å²) in [5.74, 6) is -2.77. The van der Waals surface area contributed by atoms with E-state index < -0.39 is 29.6 Å². The number of hydrogen-bond donors (Lipinski definition) is 4. The summed E-state index contributed by atoms with van der Waals surface area (Å²) in [6, 6.07) is 7.69. The summed E-state index contributed by atoms with van der Waals surface area (Å²) >= 11 is 0. The second kappa shape index (κ2) is 14.4. The van der Waals surface area contributed by atoms with Gasteiger partial charge in [-0.3, -0.25) is 14.6 Å². The molecule has 0 saturated heterocycles. The lowest BCUT2D eigenvalue weighted by atomic mass is 9.64. The monoisotopic (exact) mass is 720 g/mol. The number of nitrogens with one attached hydrogen (secondary N) is 2. The molecule has 5 heterocycles. The number of fused-ring (bicyclic) bond motifs is 11. The number of carbonyl (C=O) groups excluding carboxylic acids is 2. The first kappa shape index (κ1) is 37.2. The SMILES string of the molecule is C=Cc1c(C)c2cc3nc(cc4[nH]c(cc5nc(cc1[nH]2)C(C)=C5CCC(=O)O)c(CCC(=O)OC)c4C)[C@@]1(C)C3=CC=C(C(=O)OC)[C@H]1C(O)OC. The number of aryl methyl sites for hydroxylation is 3. The first-order chi connectivity index (χ1) is 25.3. The minimum atomic E-state index is -1.39. The van der Waals surface area contributed by atoms with Crippen molar-refractivity contribution in [3.63, 3.8) is 0 Å². The van der Waals surface area contributed by atoms with Crippen LogP contribution in [0.2, 0.25) is 0 Å². The fourth-order valence-corrected chi connectivity index (χ4v) is 7.82. The lowest BCUT2D eigenvalue weighted by Gasteiger charge is -2.40. The van der Waals surface area contributed by atoms with Crippen LogP contribution >= 0.6 is 0 Å². The number of carboxylic acid groups (broad SMARTS) is 1. The molecule has 4 N–H and O–H groups in total. The van der Waals surface area contributed by atoms with Crippen molar-refractivity contribution in [3.8, 4) is 0 Å². The minimum Gasteiger partial charge on any atom is -0.481 e. The molecule has 8 bridgehead atoms. The normalized spacial score (nSPS) is 18.5. The van der Waals surface area contributed by atoms with Crippen LogP contribution < -0.4 is 0 Å². The molecule has 0 fully saturated rings. The molecule has 1 aliphatic carbocycles. The van der Waals surface area contributed by atoms with Gasteiger partial charge < -0.3 is 34.4 Å². The first-order valence-corrected chi connectivity index (χ1v) is 17.3. The van der Waals surface area contributed by atoms with E-state index in [0.29, 0.717) is 40.2 Å². The molecule has 12 heteroatoms. The number of nitrogens with zero attached hydrogens (tertiary/aromatic N) is 2. The highest BCUT2D eigenvalue weighted by molar-refractivity contribution is 5.96. The summed E-state index contributed by atoms with van der Waals surface area (Å²) in [5.41, 5.74) is 10.5. The molecule has 1 unspecified atom stereocenters. The van der Waals surface area contributed by atoms with Gasteiger partial charge in [0.1, 0.15) is 0 Å². The van der Waals surface area contributed by atoms with E-state index in [-0.39, 0.29) is 30.8 Å². The third-order valence-corrected chi connectivity index (χ3v) is 10.9. The van der Waals surface area contributed by atoms with Crippen molar-refractivity contribution < 1.29 is 38.8 Å². The van der Waals surface area contributed by atoms with Crippen molar-refractivity contribution in [2.45, 2.75) is 65.1 Å².